The molecular weight excluding hydrogens is 479 g/mol. The number of aromatic carboxylic acids is 1. The highest BCUT2D eigenvalue weighted by Gasteiger charge is 2.31. The molecule has 35 heavy (non-hydrogen) atoms. The molecule has 4 aromatic carbocycles. The summed E-state index contributed by atoms with van der Waals surface area (Å²) >= 11 is 0. The molecule has 9 heteroatoms. The van der Waals surface area contributed by atoms with Crippen molar-refractivity contribution in [3.05, 3.63) is 107 Å². The molecule has 176 valence electrons. The highest BCUT2D eigenvalue weighted by molar-refractivity contribution is 7.92. The minimum Gasteiger partial charge on any atom is -0.478 e. The van der Waals surface area contributed by atoms with Crippen LogP contribution in [0.15, 0.2) is 89.8 Å². The Morgan fingerprint density at radius 1 is 0.829 bits per heavy atom. The number of hydrogen-bond donors (Lipinski definition) is 2. The van der Waals surface area contributed by atoms with Crippen molar-refractivity contribution in [2.45, 2.75) is 11.1 Å². The third-order valence-electron chi connectivity index (χ3n) is 5.10. The summed E-state index contributed by atoms with van der Waals surface area (Å²) < 4.78 is 68.3. The fourth-order valence-electron chi connectivity index (χ4n) is 3.29. The van der Waals surface area contributed by atoms with Crippen molar-refractivity contribution < 1.29 is 31.5 Å². The van der Waals surface area contributed by atoms with Gasteiger partial charge in [-0.05, 0) is 65.4 Å². The summed E-state index contributed by atoms with van der Waals surface area (Å²) in [6.07, 6.45) is -4.69. The molecule has 0 aliphatic carbocycles. The van der Waals surface area contributed by atoms with Gasteiger partial charge in [-0.25, -0.2) is 13.2 Å². The van der Waals surface area contributed by atoms with E-state index in [9.17, 15) is 26.4 Å². The van der Waals surface area contributed by atoms with Gasteiger partial charge in [0.25, 0.3) is 10.0 Å². The normalized spacial score (nSPS) is 11.5. The van der Waals surface area contributed by atoms with Gasteiger partial charge in [0, 0.05) is 11.1 Å². The number of alkyl halides is 3. The first kappa shape index (κ1) is 23.9. The number of benzene rings is 4. The van der Waals surface area contributed by atoms with Gasteiger partial charge < -0.3 is 5.11 Å². The number of sulfonamides is 1. The number of anilines is 1. The zero-order valence-electron chi connectivity index (χ0n) is 17.8. The second kappa shape index (κ2) is 9.16. The van der Waals surface area contributed by atoms with Crippen molar-refractivity contribution >= 4 is 32.5 Å². The molecule has 0 aliphatic heterocycles. The first-order valence-electron chi connectivity index (χ1n) is 10.1. The van der Waals surface area contributed by atoms with Crippen molar-refractivity contribution in [1.82, 2.24) is 0 Å². The van der Waals surface area contributed by atoms with Crippen molar-refractivity contribution in [3.63, 3.8) is 0 Å². The van der Waals surface area contributed by atoms with Gasteiger partial charge in [0.15, 0.2) is 0 Å². The number of fused-ring (bicyclic) bond motifs is 1. The predicted molar refractivity (Wildman–Crippen MR) is 126 cm³/mol. The quantitative estimate of drug-likeness (QED) is 0.353. The maximum atomic E-state index is 13.3. The van der Waals surface area contributed by atoms with E-state index in [2.05, 4.69) is 16.6 Å². The van der Waals surface area contributed by atoms with Crippen LogP contribution in [0.1, 0.15) is 27.0 Å². The average Bonchev–Trinajstić information content (AvgIpc) is 2.82. The molecule has 0 bridgehead atoms. The maximum Gasteiger partial charge on any atom is 0.416 e. The number of carboxylic acids is 1. The molecule has 0 saturated carbocycles. The molecule has 0 unspecified atom stereocenters. The largest absolute Gasteiger partial charge is 0.478 e. The molecule has 0 atom stereocenters. The highest BCUT2D eigenvalue weighted by Crippen LogP contribution is 2.33. The zero-order chi connectivity index (χ0) is 25.2. The van der Waals surface area contributed by atoms with Gasteiger partial charge in [0.1, 0.15) is 0 Å². The van der Waals surface area contributed by atoms with Crippen LogP contribution in [-0.2, 0) is 16.2 Å². The minimum atomic E-state index is -4.69. The fourth-order valence-corrected chi connectivity index (χ4v) is 4.39. The predicted octanol–water partition coefficient (Wildman–Crippen LogP) is 5.76. The number of carbonyl (C=O) groups is 1. The maximum absolute atomic E-state index is 13.3. The molecule has 0 spiro atoms. The molecule has 4 rings (SSSR count). The molecule has 0 radical (unpaired) electrons. The van der Waals surface area contributed by atoms with Crippen LogP contribution >= 0.6 is 0 Å². The third kappa shape index (κ3) is 5.45. The van der Waals surface area contributed by atoms with Crippen LogP contribution in [0.3, 0.4) is 0 Å². The van der Waals surface area contributed by atoms with Crippen LogP contribution in [0.4, 0.5) is 18.9 Å². The summed E-state index contributed by atoms with van der Waals surface area (Å²) in [4.78, 5) is 10.9. The molecular formula is C26H16F3NO4S. The zero-order valence-corrected chi connectivity index (χ0v) is 18.6. The average molecular weight is 495 g/mol. The van der Waals surface area contributed by atoms with Crippen LogP contribution in [-0.4, -0.2) is 19.5 Å². The lowest BCUT2D eigenvalue weighted by Crippen LogP contribution is -2.15. The third-order valence-corrected chi connectivity index (χ3v) is 6.46. The lowest BCUT2D eigenvalue weighted by atomic mass is 10.1. The van der Waals surface area contributed by atoms with Gasteiger partial charge in [-0.3, -0.25) is 4.72 Å². The molecule has 0 heterocycles. The second-order valence-corrected chi connectivity index (χ2v) is 9.19. The summed E-state index contributed by atoms with van der Waals surface area (Å²) in [6.45, 7) is 0. The van der Waals surface area contributed by atoms with Crippen molar-refractivity contribution in [1.29, 1.82) is 0 Å². The molecule has 2 N–H and O–H groups in total. The van der Waals surface area contributed by atoms with E-state index in [1.54, 1.807) is 24.3 Å². The Morgan fingerprint density at radius 3 is 2.17 bits per heavy atom. The van der Waals surface area contributed by atoms with Gasteiger partial charge >= 0.3 is 12.1 Å². The number of carboxylic acid groups (broad SMARTS) is 1. The Balaban J connectivity index is 1.74. The number of rotatable bonds is 4. The standard InChI is InChI=1S/C26H16F3NO4S/c27-26(28,29)22-13-11-19(8-5-17-6-9-20(10-7-17)25(31)32)24(16-22)30-35(33,34)23-14-12-18-3-1-2-4-21(18)15-23/h1-4,6-7,9-16,30H,(H,31,32). The van der Waals surface area contributed by atoms with Crippen LogP contribution in [0.2, 0.25) is 0 Å². The smallest absolute Gasteiger partial charge is 0.416 e. The topological polar surface area (TPSA) is 83.5 Å². The summed E-state index contributed by atoms with van der Waals surface area (Å²) in [5.41, 5.74) is -0.899. The van der Waals surface area contributed by atoms with E-state index in [1.807, 2.05) is 6.07 Å². The van der Waals surface area contributed by atoms with Gasteiger partial charge in [0.05, 0.1) is 21.7 Å². The lowest BCUT2D eigenvalue weighted by molar-refractivity contribution is -0.137. The number of halogens is 3. The molecule has 0 aromatic heterocycles. The Bertz CT molecular complexity index is 1600. The number of nitrogens with one attached hydrogen (secondary N) is 1. The first-order valence-corrected chi connectivity index (χ1v) is 11.6. The SMILES string of the molecule is O=C(O)c1ccc(C#Cc2ccc(C(F)(F)F)cc2NS(=O)(=O)c2ccc3ccccc3c2)cc1. The molecule has 0 saturated heterocycles. The van der Waals surface area contributed by atoms with Gasteiger partial charge in [-0.15, -0.1) is 0 Å². The minimum absolute atomic E-state index is 0.0182. The van der Waals surface area contributed by atoms with E-state index in [-0.39, 0.29) is 21.7 Å². The first-order chi connectivity index (χ1) is 16.5. The van der Waals surface area contributed by atoms with E-state index in [4.69, 9.17) is 5.11 Å². The molecule has 5 nitrogen and oxygen atoms in total. The van der Waals surface area contributed by atoms with Crippen LogP contribution in [0.25, 0.3) is 10.8 Å². The summed E-state index contributed by atoms with van der Waals surface area (Å²) in [5.74, 6) is 4.27. The van der Waals surface area contributed by atoms with Gasteiger partial charge in [-0.1, -0.05) is 42.2 Å². The summed E-state index contributed by atoms with van der Waals surface area (Å²) in [7, 11) is -4.24. The van der Waals surface area contributed by atoms with Gasteiger partial charge in [-0.2, -0.15) is 13.2 Å². The van der Waals surface area contributed by atoms with Crippen molar-refractivity contribution in [2.24, 2.45) is 0 Å². The van der Waals surface area contributed by atoms with Gasteiger partial charge in [0.2, 0.25) is 0 Å². The van der Waals surface area contributed by atoms with Crippen LogP contribution < -0.4 is 4.72 Å². The van der Waals surface area contributed by atoms with E-state index in [0.717, 1.165) is 17.5 Å². The Morgan fingerprint density at radius 2 is 1.51 bits per heavy atom. The second-order valence-electron chi connectivity index (χ2n) is 7.51. The Kier molecular flexibility index (Phi) is 6.24. The van der Waals surface area contributed by atoms with Crippen LogP contribution in [0, 0.1) is 11.8 Å². The van der Waals surface area contributed by atoms with Crippen molar-refractivity contribution in [3.8, 4) is 11.8 Å². The molecule has 4 aromatic rings. The van der Waals surface area contributed by atoms with E-state index < -0.39 is 27.7 Å². The van der Waals surface area contributed by atoms with Crippen LogP contribution in [0.5, 0.6) is 0 Å². The molecule has 0 fully saturated rings. The van der Waals surface area contributed by atoms with Crippen molar-refractivity contribution in [2.75, 3.05) is 4.72 Å². The molecule has 0 aliphatic rings. The Hall–Kier alpha value is -4.29. The number of hydrogen-bond acceptors (Lipinski definition) is 3. The highest BCUT2D eigenvalue weighted by atomic mass is 32.2. The van der Waals surface area contributed by atoms with E-state index >= 15 is 0 Å². The van der Waals surface area contributed by atoms with E-state index in [1.165, 1.54) is 36.4 Å². The summed E-state index contributed by atoms with van der Waals surface area (Å²) in [6, 6.07) is 19.6. The lowest BCUT2D eigenvalue weighted by Gasteiger charge is -2.14. The Labute approximate surface area is 198 Å². The molecule has 0 amide bonds. The summed E-state index contributed by atoms with van der Waals surface area (Å²) in [5, 5.41) is 10.4. The fraction of sp³-hybridized carbons (Fsp3) is 0.0385. The monoisotopic (exact) mass is 495 g/mol. The van der Waals surface area contributed by atoms with E-state index in [0.29, 0.717) is 17.0 Å².